The molecular weight excluding hydrogens is 194 g/mol. The van der Waals surface area contributed by atoms with Gasteiger partial charge in [0.25, 0.3) is 0 Å². The molecule has 0 aromatic heterocycles. The second kappa shape index (κ2) is 6.08. The van der Waals surface area contributed by atoms with Gasteiger partial charge in [0.05, 0.1) is 12.7 Å². The van der Waals surface area contributed by atoms with E-state index in [1.807, 2.05) is 0 Å². The lowest BCUT2D eigenvalue weighted by atomic mass is 9.91. The van der Waals surface area contributed by atoms with Gasteiger partial charge in [0.15, 0.2) is 0 Å². The van der Waals surface area contributed by atoms with Crippen LogP contribution < -0.4 is 0 Å². The summed E-state index contributed by atoms with van der Waals surface area (Å²) in [5.41, 5.74) is 0. The van der Waals surface area contributed by atoms with Gasteiger partial charge in [-0.1, -0.05) is 0 Å². The first-order valence-corrected chi connectivity index (χ1v) is 5.73. The Morgan fingerprint density at radius 1 is 1.53 bits per heavy atom. The fraction of sp³-hybridized carbons (Fsp3) is 0.909. The number of carbonyl (C=O) groups is 1. The van der Waals surface area contributed by atoms with E-state index >= 15 is 0 Å². The van der Waals surface area contributed by atoms with Gasteiger partial charge < -0.3 is 15.1 Å². The van der Waals surface area contributed by atoms with Gasteiger partial charge in [-0.25, -0.2) is 0 Å². The molecule has 1 amide bonds. The minimum Gasteiger partial charge on any atom is -0.395 e. The predicted molar refractivity (Wildman–Crippen MR) is 57.4 cm³/mol. The molecule has 2 N–H and O–H groups in total. The van der Waals surface area contributed by atoms with Crippen molar-refractivity contribution in [2.24, 2.45) is 0 Å². The molecule has 0 heterocycles. The molecule has 4 heteroatoms. The molecule has 88 valence electrons. The van der Waals surface area contributed by atoms with Gasteiger partial charge in [-0.05, 0) is 32.6 Å². The van der Waals surface area contributed by atoms with Crippen molar-refractivity contribution in [1.29, 1.82) is 0 Å². The van der Waals surface area contributed by atoms with Crippen LogP contribution in [0.5, 0.6) is 0 Å². The smallest absolute Gasteiger partial charge is 0.222 e. The molecule has 1 rings (SSSR count). The number of rotatable bonds is 6. The van der Waals surface area contributed by atoms with Crippen molar-refractivity contribution in [2.75, 3.05) is 13.2 Å². The Hall–Kier alpha value is -0.610. The van der Waals surface area contributed by atoms with E-state index in [0.29, 0.717) is 25.4 Å². The first-order valence-electron chi connectivity index (χ1n) is 5.73. The van der Waals surface area contributed by atoms with E-state index in [1.54, 1.807) is 11.8 Å². The minimum absolute atomic E-state index is 0.0247. The maximum atomic E-state index is 11.8. The summed E-state index contributed by atoms with van der Waals surface area (Å²) in [7, 11) is 0. The lowest BCUT2D eigenvalue weighted by molar-refractivity contribution is -0.136. The molecule has 1 fully saturated rings. The highest BCUT2D eigenvalue weighted by molar-refractivity contribution is 5.76. The Morgan fingerprint density at radius 3 is 2.60 bits per heavy atom. The zero-order chi connectivity index (χ0) is 11.3. The number of nitrogens with zero attached hydrogens (tertiary/aromatic N) is 1. The van der Waals surface area contributed by atoms with Crippen LogP contribution in [0.3, 0.4) is 0 Å². The molecule has 15 heavy (non-hydrogen) atoms. The van der Waals surface area contributed by atoms with Crippen LogP contribution in [0.25, 0.3) is 0 Å². The quantitative estimate of drug-likeness (QED) is 0.679. The van der Waals surface area contributed by atoms with Crippen LogP contribution in [0, 0.1) is 0 Å². The second-order valence-electron chi connectivity index (χ2n) is 4.28. The summed E-state index contributed by atoms with van der Waals surface area (Å²) in [6, 6.07) is 0.332. The Balaban J connectivity index is 2.36. The molecule has 0 spiro atoms. The number of amides is 1. The summed E-state index contributed by atoms with van der Waals surface area (Å²) in [6.07, 6.45) is 3.75. The van der Waals surface area contributed by atoms with E-state index in [9.17, 15) is 4.79 Å². The van der Waals surface area contributed by atoms with Crippen molar-refractivity contribution < 1.29 is 15.0 Å². The van der Waals surface area contributed by atoms with Gasteiger partial charge in [0.2, 0.25) is 5.91 Å². The third-order valence-electron chi connectivity index (χ3n) is 2.95. The molecule has 0 aromatic carbocycles. The standard InChI is InChI=1S/C11H21NO3/c1-9(14)5-6-11(15)12(7-8-13)10-3-2-4-10/h9-10,13-14H,2-8H2,1H3. The van der Waals surface area contributed by atoms with Crippen molar-refractivity contribution in [1.82, 2.24) is 4.90 Å². The number of hydrogen-bond donors (Lipinski definition) is 2. The largest absolute Gasteiger partial charge is 0.395 e. The first-order chi connectivity index (χ1) is 7.15. The van der Waals surface area contributed by atoms with Crippen LogP contribution in [0.2, 0.25) is 0 Å². The summed E-state index contributed by atoms with van der Waals surface area (Å²) in [5.74, 6) is 0.0645. The molecule has 0 radical (unpaired) electrons. The van der Waals surface area contributed by atoms with Gasteiger partial charge in [0.1, 0.15) is 0 Å². The maximum absolute atomic E-state index is 11.8. The maximum Gasteiger partial charge on any atom is 0.222 e. The van der Waals surface area contributed by atoms with Crippen molar-refractivity contribution in [3.63, 3.8) is 0 Å². The molecule has 0 aliphatic heterocycles. The third kappa shape index (κ3) is 3.80. The second-order valence-corrected chi connectivity index (χ2v) is 4.28. The van der Waals surface area contributed by atoms with Crippen molar-refractivity contribution >= 4 is 5.91 Å². The SMILES string of the molecule is CC(O)CCC(=O)N(CCO)C1CCC1. The average Bonchev–Trinajstić information content (AvgIpc) is 2.10. The Bertz CT molecular complexity index is 202. The van der Waals surface area contributed by atoms with E-state index < -0.39 is 6.10 Å². The number of hydrogen-bond acceptors (Lipinski definition) is 3. The topological polar surface area (TPSA) is 60.8 Å². The third-order valence-corrected chi connectivity index (χ3v) is 2.95. The van der Waals surface area contributed by atoms with E-state index in [2.05, 4.69) is 0 Å². The van der Waals surface area contributed by atoms with Gasteiger partial charge in [-0.2, -0.15) is 0 Å². The molecule has 1 aliphatic rings. The molecule has 1 atom stereocenters. The zero-order valence-corrected chi connectivity index (χ0v) is 9.35. The Morgan fingerprint density at radius 2 is 2.20 bits per heavy atom. The molecular formula is C11H21NO3. The molecule has 0 aromatic rings. The lowest BCUT2D eigenvalue weighted by Crippen LogP contribution is -2.45. The number of carbonyl (C=O) groups excluding carboxylic acids is 1. The molecule has 1 saturated carbocycles. The molecule has 0 bridgehead atoms. The van der Waals surface area contributed by atoms with Crippen molar-refractivity contribution in [3.05, 3.63) is 0 Å². The summed E-state index contributed by atoms with van der Waals surface area (Å²) in [4.78, 5) is 13.5. The van der Waals surface area contributed by atoms with E-state index in [1.165, 1.54) is 6.42 Å². The lowest BCUT2D eigenvalue weighted by Gasteiger charge is -2.37. The van der Waals surface area contributed by atoms with Crippen LogP contribution in [-0.2, 0) is 4.79 Å². The Labute approximate surface area is 90.9 Å². The van der Waals surface area contributed by atoms with Crippen LogP contribution in [0.4, 0.5) is 0 Å². The van der Waals surface area contributed by atoms with Gasteiger partial charge in [-0.3, -0.25) is 4.79 Å². The van der Waals surface area contributed by atoms with E-state index in [4.69, 9.17) is 10.2 Å². The Kier molecular flexibility index (Phi) is 5.05. The zero-order valence-electron chi connectivity index (χ0n) is 9.35. The highest BCUT2D eigenvalue weighted by atomic mass is 16.3. The van der Waals surface area contributed by atoms with Crippen molar-refractivity contribution in [3.8, 4) is 0 Å². The molecule has 0 saturated heterocycles. The minimum atomic E-state index is -0.425. The summed E-state index contributed by atoms with van der Waals surface area (Å²) in [5, 5.41) is 18.0. The summed E-state index contributed by atoms with van der Waals surface area (Å²) >= 11 is 0. The highest BCUT2D eigenvalue weighted by Crippen LogP contribution is 2.25. The van der Waals surface area contributed by atoms with Crippen LogP contribution in [0.1, 0.15) is 39.0 Å². The van der Waals surface area contributed by atoms with Gasteiger partial charge in [0, 0.05) is 19.0 Å². The van der Waals surface area contributed by atoms with E-state index in [0.717, 1.165) is 12.8 Å². The van der Waals surface area contributed by atoms with Crippen LogP contribution in [-0.4, -0.2) is 46.3 Å². The molecule has 1 aliphatic carbocycles. The average molecular weight is 215 g/mol. The number of aliphatic hydroxyl groups excluding tert-OH is 2. The summed E-state index contributed by atoms with van der Waals surface area (Å²) < 4.78 is 0. The summed E-state index contributed by atoms with van der Waals surface area (Å²) in [6.45, 7) is 2.15. The van der Waals surface area contributed by atoms with E-state index in [-0.39, 0.29) is 12.5 Å². The fourth-order valence-electron chi connectivity index (χ4n) is 1.79. The monoisotopic (exact) mass is 215 g/mol. The van der Waals surface area contributed by atoms with Crippen LogP contribution >= 0.6 is 0 Å². The number of aliphatic hydroxyl groups is 2. The predicted octanol–water partition coefficient (Wildman–Crippen LogP) is 0.521. The fourth-order valence-corrected chi connectivity index (χ4v) is 1.79. The highest BCUT2D eigenvalue weighted by Gasteiger charge is 2.27. The van der Waals surface area contributed by atoms with Gasteiger partial charge in [-0.15, -0.1) is 0 Å². The van der Waals surface area contributed by atoms with Crippen LogP contribution in [0.15, 0.2) is 0 Å². The van der Waals surface area contributed by atoms with Crippen molar-refractivity contribution in [2.45, 2.75) is 51.2 Å². The molecule has 4 nitrogen and oxygen atoms in total. The first kappa shape index (κ1) is 12.5. The van der Waals surface area contributed by atoms with Gasteiger partial charge >= 0.3 is 0 Å². The normalized spacial score (nSPS) is 18.3. The molecule has 1 unspecified atom stereocenters.